The average molecular weight is 379 g/mol. The molecule has 1 heterocycles. The Labute approximate surface area is 165 Å². The number of rotatable bonds is 6. The molecule has 3 rings (SSSR count). The number of benzene rings is 2. The molecular weight excluding hydrogens is 354 g/mol. The van der Waals surface area contributed by atoms with E-state index in [1.807, 2.05) is 43.0 Å². The van der Waals surface area contributed by atoms with Crippen molar-refractivity contribution in [1.29, 1.82) is 5.26 Å². The molecule has 2 aromatic carbocycles. The number of hydrogen-bond donors (Lipinski definition) is 1. The lowest BCUT2D eigenvalue weighted by Crippen LogP contribution is -2.48. The third-order valence-electron chi connectivity index (χ3n) is 4.52. The van der Waals surface area contributed by atoms with Gasteiger partial charge in [-0.1, -0.05) is 0 Å². The lowest BCUT2D eigenvalue weighted by atomic mass is 10.1. The Bertz CT molecular complexity index is 818. The van der Waals surface area contributed by atoms with Crippen LogP contribution >= 0.6 is 0 Å². The number of amides is 1. The van der Waals surface area contributed by atoms with Crippen LogP contribution in [0.3, 0.4) is 0 Å². The largest absolute Gasteiger partial charge is 0.492 e. The molecule has 0 aliphatic carbocycles. The van der Waals surface area contributed by atoms with Gasteiger partial charge < -0.3 is 19.7 Å². The van der Waals surface area contributed by atoms with Crippen LogP contribution in [-0.4, -0.2) is 49.3 Å². The van der Waals surface area contributed by atoms with Gasteiger partial charge in [0.05, 0.1) is 23.8 Å². The van der Waals surface area contributed by atoms with E-state index in [0.717, 1.165) is 11.4 Å². The molecule has 0 spiro atoms. The van der Waals surface area contributed by atoms with Crippen molar-refractivity contribution in [2.24, 2.45) is 0 Å². The molecule has 0 saturated carbocycles. The predicted octanol–water partition coefficient (Wildman–Crippen LogP) is 3.30. The molecule has 1 amide bonds. The third kappa shape index (κ3) is 5.24. The van der Waals surface area contributed by atoms with Gasteiger partial charge in [0.1, 0.15) is 12.4 Å². The summed E-state index contributed by atoms with van der Waals surface area (Å²) in [5.41, 5.74) is 2.23. The second kappa shape index (κ2) is 9.25. The van der Waals surface area contributed by atoms with Gasteiger partial charge in [-0.25, -0.2) is 0 Å². The van der Waals surface area contributed by atoms with Crippen LogP contribution in [0.15, 0.2) is 48.5 Å². The molecule has 2 unspecified atom stereocenters. The lowest BCUT2D eigenvalue weighted by Gasteiger charge is -2.35. The van der Waals surface area contributed by atoms with Crippen LogP contribution in [0.2, 0.25) is 0 Å². The van der Waals surface area contributed by atoms with Gasteiger partial charge in [-0.2, -0.15) is 5.26 Å². The average Bonchev–Trinajstić information content (AvgIpc) is 2.71. The smallest absolute Gasteiger partial charge is 0.254 e. The molecule has 1 N–H and O–H groups in total. The molecule has 6 heteroatoms. The molecule has 28 heavy (non-hydrogen) atoms. The number of nitrogens with zero attached hydrogens (tertiary/aromatic N) is 2. The summed E-state index contributed by atoms with van der Waals surface area (Å²) in [6.07, 6.45) is 0.120. The molecule has 1 aliphatic heterocycles. The summed E-state index contributed by atoms with van der Waals surface area (Å²) in [5, 5.41) is 12.1. The van der Waals surface area contributed by atoms with E-state index in [1.54, 1.807) is 24.3 Å². The Morgan fingerprint density at radius 1 is 1.14 bits per heavy atom. The van der Waals surface area contributed by atoms with Crippen molar-refractivity contribution in [3.63, 3.8) is 0 Å². The molecule has 2 atom stereocenters. The van der Waals surface area contributed by atoms with Gasteiger partial charge in [0, 0.05) is 30.9 Å². The summed E-state index contributed by atoms with van der Waals surface area (Å²) >= 11 is 0. The van der Waals surface area contributed by atoms with Crippen molar-refractivity contribution < 1.29 is 14.3 Å². The van der Waals surface area contributed by atoms with Crippen LogP contribution in [0.5, 0.6) is 5.75 Å². The van der Waals surface area contributed by atoms with Crippen LogP contribution in [0.25, 0.3) is 0 Å². The van der Waals surface area contributed by atoms with Gasteiger partial charge in [0.15, 0.2) is 0 Å². The molecule has 1 aliphatic rings. The lowest BCUT2D eigenvalue weighted by molar-refractivity contribution is -0.0586. The van der Waals surface area contributed by atoms with E-state index >= 15 is 0 Å². The number of carbonyl (C=O) groups excluding carboxylic acids is 1. The number of nitrogens with one attached hydrogen (secondary N) is 1. The van der Waals surface area contributed by atoms with Gasteiger partial charge in [0.25, 0.3) is 5.91 Å². The summed E-state index contributed by atoms with van der Waals surface area (Å²) in [6.45, 7) is 6.35. The molecule has 6 nitrogen and oxygen atoms in total. The highest BCUT2D eigenvalue weighted by Crippen LogP contribution is 2.16. The van der Waals surface area contributed by atoms with Crippen LogP contribution in [0.4, 0.5) is 5.69 Å². The van der Waals surface area contributed by atoms with Crippen LogP contribution in [0, 0.1) is 11.3 Å². The normalized spacial score (nSPS) is 19.0. The highest BCUT2D eigenvalue weighted by molar-refractivity contribution is 5.94. The molecule has 0 radical (unpaired) electrons. The van der Waals surface area contributed by atoms with Crippen molar-refractivity contribution >= 4 is 11.6 Å². The third-order valence-corrected chi connectivity index (χ3v) is 4.52. The molecule has 1 saturated heterocycles. The predicted molar refractivity (Wildman–Crippen MR) is 107 cm³/mol. The first-order valence-electron chi connectivity index (χ1n) is 9.47. The summed E-state index contributed by atoms with van der Waals surface area (Å²) in [4.78, 5) is 14.5. The molecule has 2 aromatic rings. The van der Waals surface area contributed by atoms with Crippen molar-refractivity contribution in [2.75, 3.05) is 31.6 Å². The van der Waals surface area contributed by atoms with E-state index in [1.165, 1.54) is 0 Å². The van der Waals surface area contributed by atoms with Gasteiger partial charge >= 0.3 is 0 Å². The first-order chi connectivity index (χ1) is 13.5. The maximum Gasteiger partial charge on any atom is 0.254 e. The minimum atomic E-state index is 0.0395. The number of anilines is 1. The Morgan fingerprint density at radius 2 is 1.79 bits per heavy atom. The van der Waals surface area contributed by atoms with Gasteiger partial charge in [-0.15, -0.1) is 0 Å². The highest BCUT2D eigenvalue weighted by atomic mass is 16.5. The number of morpholine rings is 1. The first-order valence-corrected chi connectivity index (χ1v) is 9.47. The summed E-state index contributed by atoms with van der Waals surface area (Å²) in [6, 6.07) is 16.6. The summed E-state index contributed by atoms with van der Waals surface area (Å²) in [5.74, 6) is 0.772. The van der Waals surface area contributed by atoms with E-state index in [9.17, 15) is 4.79 Å². The zero-order valence-corrected chi connectivity index (χ0v) is 16.2. The van der Waals surface area contributed by atoms with E-state index in [0.29, 0.717) is 37.4 Å². The molecule has 0 aromatic heterocycles. The fraction of sp³-hybridized carbons (Fsp3) is 0.364. The van der Waals surface area contributed by atoms with Crippen molar-refractivity contribution in [2.45, 2.75) is 26.1 Å². The molecule has 146 valence electrons. The number of carbonyl (C=O) groups is 1. The van der Waals surface area contributed by atoms with Crippen LogP contribution in [-0.2, 0) is 4.74 Å². The zero-order valence-electron chi connectivity index (χ0n) is 16.2. The highest BCUT2D eigenvalue weighted by Gasteiger charge is 2.26. The molecule has 0 bridgehead atoms. The Balaban J connectivity index is 1.46. The maximum absolute atomic E-state index is 12.7. The number of ether oxygens (including phenoxy) is 2. The van der Waals surface area contributed by atoms with Gasteiger partial charge in [0.2, 0.25) is 0 Å². The second-order valence-electron chi connectivity index (χ2n) is 6.96. The fourth-order valence-corrected chi connectivity index (χ4v) is 3.25. The van der Waals surface area contributed by atoms with Crippen LogP contribution < -0.4 is 10.1 Å². The zero-order chi connectivity index (χ0) is 19.9. The molecular formula is C22H25N3O3. The summed E-state index contributed by atoms with van der Waals surface area (Å²) < 4.78 is 11.3. The maximum atomic E-state index is 12.7. The second-order valence-corrected chi connectivity index (χ2v) is 6.96. The standard InChI is InChI=1S/C22H25N3O3/c1-16-14-25(15-17(2)28-16)22(26)19-5-7-20(8-6-19)24-11-12-27-21-9-3-18(13-23)4-10-21/h3-10,16-17,24H,11-12,14-15H2,1-2H3. The Hall–Kier alpha value is -3.04. The summed E-state index contributed by atoms with van der Waals surface area (Å²) in [7, 11) is 0. The number of hydrogen-bond acceptors (Lipinski definition) is 5. The van der Waals surface area contributed by atoms with Crippen LogP contribution in [0.1, 0.15) is 29.8 Å². The Morgan fingerprint density at radius 3 is 2.39 bits per heavy atom. The topological polar surface area (TPSA) is 74.6 Å². The van der Waals surface area contributed by atoms with Gasteiger partial charge in [-0.05, 0) is 62.4 Å². The van der Waals surface area contributed by atoms with E-state index in [2.05, 4.69) is 11.4 Å². The fourth-order valence-electron chi connectivity index (χ4n) is 3.25. The minimum Gasteiger partial charge on any atom is -0.492 e. The monoisotopic (exact) mass is 379 g/mol. The van der Waals surface area contributed by atoms with Crippen molar-refractivity contribution in [3.05, 3.63) is 59.7 Å². The molecule has 1 fully saturated rings. The first kappa shape index (κ1) is 19.7. The van der Waals surface area contributed by atoms with E-state index in [4.69, 9.17) is 14.7 Å². The van der Waals surface area contributed by atoms with Gasteiger partial charge in [-0.3, -0.25) is 4.79 Å². The van der Waals surface area contributed by atoms with E-state index < -0.39 is 0 Å². The Kier molecular flexibility index (Phi) is 6.51. The SMILES string of the molecule is CC1CN(C(=O)c2ccc(NCCOc3ccc(C#N)cc3)cc2)CC(C)O1. The quantitative estimate of drug-likeness (QED) is 0.780. The van der Waals surface area contributed by atoms with Crippen molar-refractivity contribution in [1.82, 2.24) is 4.90 Å². The van der Waals surface area contributed by atoms with E-state index in [-0.39, 0.29) is 18.1 Å². The number of nitriles is 1. The van der Waals surface area contributed by atoms with Crippen molar-refractivity contribution in [3.8, 4) is 11.8 Å². The minimum absolute atomic E-state index is 0.0395.